The summed E-state index contributed by atoms with van der Waals surface area (Å²) in [5, 5.41) is 2.78. The van der Waals surface area contributed by atoms with Gasteiger partial charge in [0.2, 0.25) is 11.8 Å². The Labute approximate surface area is 121 Å². The fraction of sp³-hybridized carbons (Fsp3) is 0.857. The van der Waals surface area contributed by atoms with E-state index in [1.807, 2.05) is 27.7 Å². The number of amides is 2. The molecule has 0 aromatic rings. The average Bonchev–Trinajstić information content (AvgIpc) is 2.36. The van der Waals surface area contributed by atoms with Crippen molar-refractivity contribution in [1.82, 2.24) is 15.1 Å². The zero-order chi connectivity index (χ0) is 15.2. The standard InChI is InChI=1S/C14H27N3O3/c1-5-15-12(18)10-16-6-8-17(9-7-16)13(19)11-20-14(2,3)4/h5-11H2,1-4H3,(H,15,18). The lowest BCUT2D eigenvalue weighted by atomic mass is 10.2. The molecule has 0 saturated carbocycles. The molecule has 6 heteroatoms. The van der Waals surface area contributed by atoms with Crippen molar-refractivity contribution >= 4 is 11.8 Å². The summed E-state index contributed by atoms with van der Waals surface area (Å²) >= 11 is 0. The maximum absolute atomic E-state index is 12.0. The first kappa shape index (κ1) is 16.9. The van der Waals surface area contributed by atoms with Crippen LogP contribution in [0.4, 0.5) is 0 Å². The highest BCUT2D eigenvalue weighted by atomic mass is 16.5. The van der Waals surface area contributed by atoms with E-state index in [2.05, 4.69) is 10.2 Å². The van der Waals surface area contributed by atoms with Crippen LogP contribution in [0.3, 0.4) is 0 Å². The topological polar surface area (TPSA) is 61.9 Å². The molecule has 0 radical (unpaired) electrons. The van der Waals surface area contributed by atoms with Gasteiger partial charge in [-0.1, -0.05) is 0 Å². The van der Waals surface area contributed by atoms with E-state index in [9.17, 15) is 9.59 Å². The van der Waals surface area contributed by atoms with Gasteiger partial charge in [0.1, 0.15) is 6.61 Å². The molecule has 0 unspecified atom stereocenters. The second-order valence-electron chi connectivity index (χ2n) is 6.01. The molecule has 0 spiro atoms. The van der Waals surface area contributed by atoms with E-state index in [4.69, 9.17) is 4.74 Å². The minimum atomic E-state index is -0.296. The molecule has 0 bridgehead atoms. The lowest BCUT2D eigenvalue weighted by Crippen LogP contribution is -2.52. The molecule has 1 N–H and O–H groups in total. The third-order valence-corrected chi connectivity index (χ3v) is 3.09. The summed E-state index contributed by atoms with van der Waals surface area (Å²) in [4.78, 5) is 27.3. The number of hydrogen-bond acceptors (Lipinski definition) is 4. The predicted molar refractivity (Wildman–Crippen MR) is 77.4 cm³/mol. The molecule has 1 saturated heterocycles. The van der Waals surface area contributed by atoms with Gasteiger partial charge in [0.25, 0.3) is 0 Å². The summed E-state index contributed by atoms with van der Waals surface area (Å²) in [5.74, 6) is 0.0703. The molecule has 1 aliphatic rings. The van der Waals surface area contributed by atoms with Crippen molar-refractivity contribution in [2.24, 2.45) is 0 Å². The molecule has 0 aromatic carbocycles. The summed E-state index contributed by atoms with van der Waals surface area (Å²) in [5.41, 5.74) is -0.296. The molecule has 20 heavy (non-hydrogen) atoms. The molecule has 6 nitrogen and oxygen atoms in total. The maximum atomic E-state index is 12.0. The van der Waals surface area contributed by atoms with Crippen molar-refractivity contribution < 1.29 is 14.3 Å². The van der Waals surface area contributed by atoms with E-state index in [1.54, 1.807) is 4.90 Å². The summed E-state index contributed by atoms with van der Waals surface area (Å²) in [6.07, 6.45) is 0. The molecule has 0 aromatic heterocycles. The maximum Gasteiger partial charge on any atom is 0.248 e. The van der Waals surface area contributed by atoms with Gasteiger partial charge in [0, 0.05) is 32.7 Å². The Morgan fingerprint density at radius 1 is 1.15 bits per heavy atom. The molecule has 1 aliphatic heterocycles. The largest absolute Gasteiger partial charge is 0.366 e. The van der Waals surface area contributed by atoms with Crippen molar-refractivity contribution in [1.29, 1.82) is 0 Å². The monoisotopic (exact) mass is 285 g/mol. The van der Waals surface area contributed by atoms with E-state index < -0.39 is 0 Å². The Balaban J connectivity index is 2.27. The first-order valence-corrected chi connectivity index (χ1v) is 7.22. The van der Waals surface area contributed by atoms with Gasteiger partial charge in [0.05, 0.1) is 12.1 Å². The lowest BCUT2D eigenvalue weighted by molar-refractivity contribution is -0.142. The molecule has 1 fully saturated rings. The van der Waals surface area contributed by atoms with Crippen molar-refractivity contribution in [3.63, 3.8) is 0 Å². The quantitative estimate of drug-likeness (QED) is 0.777. The second-order valence-corrected chi connectivity index (χ2v) is 6.01. The van der Waals surface area contributed by atoms with Crippen LogP contribution in [-0.2, 0) is 14.3 Å². The summed E-state index contributed by atoms with van der Waals surface area (Å²) < 4.78 is 5.50. The number of likely N-dealkylation sites (N-methyl/N-ethyl adjacent to an activating group) is 1. The molecule has 0 aliphatic carbocycles. The average molecular weight is 285 g/mol. The SMILES string of the molecule is CCNC(=O)CN1CCN(C(=O)COC(C)(C)C)CC1. The number of rotatable bonds is 5. The van der Waals surface area contributed by atoms with Crippen LogP contribution in [0, 0.1) is 0 Å². The highest BCUT2D eigenvalue weighted by Crippen LogP contribution is 2.08. The third kappa shape index (κ3) is 6.34. The normalized spacial score (nSPS) is 17.1. The molecule has 1 heterocycles. The molecule has 2 amide bonds. The van der Waals surface area contributed by atoms with Gasteiger partial charge in [-0.2, -0.15) is 0 Å². The van der Waals surface area contributed by atoms with E-state index in [1.165, 1.54) is 0 Å². The first-order valence-electron chi connectivity index (χ1n) is 7.22. The third-order valence-electron chi connectivity index (χ3n) is 3.09. The van der Waals surface area contributed by atoms with Crippen LogP contribution in [0.15, 0.2) is 0 Å². The predicted octanol–water partition coefficient (Wildman–Crippen LogP) is 0.0818. The van der Waals surface area contributed by atoms with E-state index in [-0.39, 0.29) is 24.0 Å². The van der Waals surface area contributed by atoms with Gasteiger partial charge < -0.3 is 15.0 Å². The fourth-order valence-electron chi connectivity index (χ4n) is 1.98. The molecule has 0 atom stereocenters. The van der Waals surface area contributed by atoms with Crippen molar-refractivity contribution in [2.75, 3.05) is 45.9 Å². The van der Waals surface area contributed by atoms with E-state index in [0.717, 1.165) is 13.1 Å². The Hall–Kier alpha value is -1.14. The number of ether oxygens (including phenoxy) is 1. The first-order chi connectivity index (χ1) is 9.31. The smallest absolute Gasteiger partial charge is 0.248 e. The minimum absolute atomic E-state index is 0.0255. The highest BCUT2D eigenvalue weighted by Gasteiger charge is 2.23. The van der Waals surface area contributed by atoms with Gasteiger partial charge in [-0.15, -0.1) is 0 Å². The van der Waals surface area contributed by atoms with Crippen molar-refractivity contribution in [2.45, 2.75) is 33.3 Å². The summed E-state index contributed by atoms with van der Waals surface area (Å²) in [7, 11) is 0. The van der Waals surface area contributed by atoms with Gasteiger partial charge in [0.15, 0.2) is 0 Å². The lowest BCUT2D eigenvalue weighted by Gasteiger charge is -2.34. The van der Waals surface area contributed by atoms with Crippen molar-refractivity contribution in [3.8, 4) is 0 Å². The Morgan fingerprint density at radius 2 is 1.75 bits per heavy atom. The number of hydrogen-bond donors (Lipinski definition) is 1. The molecule has 116 valence electrons. The van der Waals surface area contributed by atoms with Crippen LogP contribution < -0.4 is 5.32 Å². The van der Waals surface area contributed by atoms with Crippen LogP contribution in [-0.4, -0.2) is 73.1 Å². The molecular formula is C14H27N3O3. The van der Waals surface area contributed by atoms with Gasteiger partial charge >= 0.3 is 0 Å². The van der Waals surface area contributed by atoms with Gasteiger partial charge in [-0.3, -0.25) is 14.5 Å². The summed E-state index contributed by atoms with van der Waals surface area (Å²) in [6, 6.07) is 0. The molecule has 1 rings (SSSR count). The second kappa shape index (κ2) is 7.59. The van der Waals surface area contributed by atoms with E-state index in [0.29, 0.717) is 26.2 Å². The zero-order valence-electron chi connectivity index (χ0n) is 13.1. The Kier molecular flexibility index (Phi) is 6.42. The number of carbonyl (C=O) groups excluding carboxylic acids is 2. The number of nitrogens with zero attached hydrogens (tertiary/aromatic N) is 2. The van der Waals surface area contributed by atoms with Crippen molar-refractivity contribution in [3.05, 3.63) is 0 Å². The number of nitrogens with one attached hydrogen (secondary N) is 1. The Bertz CT molecular complexity index is 331. The summed E-state index contributed by atoms with van der Waals surface area (Å²) in [6.45, 7) is 11.7. The molecular weight excluding hydrogens is 258 g/mol. The van der Waals surface area contributed by atoms with Crippen LogP contribution in [0.25, 0.3) is 0 Å². The minimum Gasteiger partial charge on any atom is -0.366 e. The van der Waals surface area contributed by atoms with E-state index >= 15 is 0 Å². The number of carbonyl (C=O) groups is 2. The van der Waals surface area contributed by atoms with Crippen LogP contribution >= 0.6 is 0 Å². The fourth-order valence-corrected chi connectivity index (χ4v) is 1.98. The highest BCUT2D eigenvalue weighted by molar-refractivity contribution is 5.78. The van der Waals surface area contributed by atoms with Gasteiger partial charge in [-0.05, 0) is 27.7 Å². The van der Waals surface area contributed by atoms with Gasteiger partial charge in [-0.25, -0.2) is 0 Å². The van der Waals surface area contributed by atoms with Crippen LogP contribution in [0.1, 0.15) is 27.7 Å². The zero-order valence-corrected chi connectivity index (χ0v) is 13.1. The van der Waals surface area contributed by atoms with Crippen LogP contribution in [0.2, 0.25) is 0 Å². The van der Waals surface area contributed by atoms with Crippen LogP contribution in [0.5, 0.6) is 0 Å². The number of piperazine rings is 1. The Morgan fingerprint density at radius 3 is 2.25 bits per heavy atom.